The summed E-state index contributed by atoms with van der Waals surface area (Å²) in [5.74, 6) is 0.0276. The van der Waals surface area contributed by atoms with E-state index in [4.69, 9.17) is 0 Å². The van der Waals surface area contributed by atoms with Gasteiger partial charge < -0.3 is 15.5 Å². The van der Waals surface area contributed by atoms with Crippen LogP contribution in [0.2, 0.25) is 0 Å². The fourth-order valence-corrected chi connectivity index (χ4v) is 4.54. The van der Waals surface area contributed by atoms with E-state index in [0.717, 1.165) is 50.1 Å². The standard InChI is InChI=1S/C25H27N3O/c1-18-17-20(28-15-13-26-14-16-28)9-10-21(18)24(29)27-25(11-12-25)23-8-4-6-19-5-2-3-7-22(19)23/h2-10,17,26H,11-16H2,1H3,(H,27,29). The Morgan fingerprint density at radius 3 is 2.52 bits per heavy atom. The summed E-state index contributed by atoms with van der Waals surface area (Å²) in [7, 11) is 0. The average Bonchev–Trinajstić information content (AvgIpc) is 3.54. The smallest absolute Gasteiger partial charge is 0.252 e. The fraction of sp³-hybridized carbons (Fsp3) is 0.320. The van der Waals surface area contributed by atoms with E-state index in [2.05, 4.69) is 70.1 Å². The second kappa shape index (κ2) is 7.20. The quantitative estimate of drug-likeness (QED) is 0.714. The molecular weight excluding hydrogens is 358 g/mol. The Morgan fingerprint density at radius 1 is 1.00 bits per heavy atom. The number of hydrogen-bond donors (Lipinski definition) is 2. The van der Waals surface area contributed by atoms with Crippen molar-refractivity contribution in [3.8, 4) is 0 Å². The van der Waals surface area contributed by atoms with E-state index in [1.54, 1.807) is 0 Å². The molecular formula is C25H27N3O. The Balaban J connectivity index is 1.40. The molecule has 0 unspecified atom stereocenters. The lowest BCUT2D eigenvalue weighted by Gasteiger charge is -2.30. The monoisotopic (exact) mass is 385 g/mol. The van der Waals surface area contributed by atoms with Crippen LogP contribution >= 0.6 is 0 Å². The van der Waals surface area contributed by atoms with Crippen LogP contribution in [0.25, 0.3) is 10.8 Å². The van der Waals surface area contributed by atoms with Gasteiger partial charge >= 0.3 is 0 Å². The summed E-state index contributed by atoms with van der Waals surface area (Å²) in [6.07, 6.45) is 1.98. The van der Waals surface area contributed by atoms with Gasteiger partial charge in [-0.05, 0) is 59.9 Å². The highest BCUT2D eigenvalue weighted by molar-refractivity contribution is 5.97. The van der Waals surface area contributed by atoms with Crippen LogP contribution in [0, 0.1) is 6.92 Å². The summed E-state index contributed by atoms with van der Waals surface area (Å²) < 4.78 is 0. The maximum absolute atomic E-state index is 13.2. The molecule has 1 aliphatic carbocycles. The van der Waals surface area contributed by atoms with E-state index in [-0.39, 0.29) is 11.4 Å². The highest BCUT2D eigenvalue weighted by Gasteiger charge is 2.46. The number of rotatable bonds is 4. The van der Waals surface area contributed by atoms with Crippen LogP contribution in [0.1, 0.15) is 34.3 Å². The molecule has 5 rings (SSSR count). The van der Waals surface area contributed by atoms with Crippen LogP contribution < -0.4 is 15.5 Å². The number of carbonyl (C=O) groups excluding carboxylic acids is 1. The molecule has 0 aromatic heterocycles. The molecule has 2 fully saturated rings. The minimum atomic E-state index is -0.235. The number of nitrogens with zero attached hydrogens (tertiary/aromatic N) is 1. The zero-order chi connectivity index (χ0) is 19.8. The molecule has 1 aliphatic heterocycles. The summed E-state index contributed by atoms with van der Waals surface area (Å²) in [6.45, 7) is 6.08. The lowest BCUT2D eigenvalue weighted by atomic mass is 9.96. The number of hydrogen-bond acceptors (Lipinski definition) is 3. The first-order chi connectivity index (χ1) is 14.2. The van der Waals surface area contributed by atoms with E-state index < -0.39 is 0 Å². The number of carbonyl (C=O) groups is 1. The van der Waals surface area contributed by atoms with Crippen molar-refractivity contribution in [3.63, 3.8) is 0 Å². The van der Waals surface area contributed by atoms with Gasteiger partial charge in [0.1, 0.15) is 0 Å². The Labute approximate surface area is 171 Å². The van der Waals surface area contributed by atoms with Crippen LogP contribution in [-0.4, -0.2) is 32.1 Å². The van der Waals surface area contributed by atoms with Crippen LogP contribution in [0.3, 0.4) is 0 Å². The molecule has 3 aromatic rings. The molecule has 3 aromatic carbocycles. The highest BCUT2D eigenvalue weighted by Crippen LogP contribution is 2.48. The van der Waals surface area contributed by atoms with Crippen molar-refractivity contribution in [2.24, 2.45) is 0 Å². The first-order valence-corrected chi connectivity index (χ1v) is 10.5. The maximum atomic E-state index is 13.2. The number of fused-ring (bicyclic) bond motifs is 1. The van der Waals surface area contributed by atoms with Gasteiger partial charge in [-0.2, -0.15) is 0 Å². The zero-order valence-corrected chi connectivity index (χ0v) is 16.9. The van der Waals surface area contributed by atoms with Crippen molar-refractivity contribution in [2.75, 3.05) is 31.1 Å². The molecule has 0 radical (unpaired) electrons. The third kappa shape index (κ3) is 3.38. The number of anilines is 1. The van der Waals surface area contributed by atoms with Crippen molar-refractivity contribution in [1.29, 1.82) is 0 Å². The van der Waals surface area contributed by atoms with E-state index in [0.29, 0.717) is 0 Å². The van der Waals surface area contributed by atoms with Gasteiger partial charge in [-0.15, -0.1) is 0 Å². The maximum Gasteiger partial charge on any atom is 0.252 e. The zero-order valence-electron chi connectivity index (χ0n) is 16.9. The van der Waals surface area contributed by atoms with Gasteiger partial charge in [-0.1, -0.05) is 42.5 Å². The summed E-state index contributed by atoms with van der Waals surface area (Å²) >= 11 is 0. The SMILES string of the molecule is Cc1cc(N2CCNCC2)ccc1C(=O)NC1(c2cccc3ccccc23)CC1. The Bertz CT molecular complexity index is 1060. The first kappa shape index (κ1) is 18.2. The second-order valence-corrected chi connectivity index (χ2v) is 8.30. The van der Waals surface area contributed by atoms with Crippen LogP contribution in [0.15, 0.2) is 60.7 Å². The first-order valence-electron chi connectivity index (χ1n) is 10.5. The van der Waals surface area contributed by atoms with E-state index in [1.807, 2.05) is 13.0 Å². The molecule has 148 valence electrons. The van der Waals surface area contributed by atoms with Gasteiger partial charge in [-0.25, -0.2) is 0 Å². The topological polar surface area (TPSA) is 44.4 Å². The molecule has 1 saturated carbocycles. The largest absolute Gasteiger partial charge is 0.369 e. The normalized spacial score (nSPS) is 17.9. The van der Waals surface area contributed by atoms with Crippen molar-refractivity contribution in [3.05, 3.63) is 77.4 Å². The molecule has 2 N–H and O–H groups in total. The van der Waals surface area contributed by atoms with E-state index in [1.165, 1.54) is 22.0 Å². The molecule has 4 nitrogen and oxygen atoms in total. The number of amides is 1. The predicted octanol–water partition coefficient (Wildman–Crippen LogP) is 3.98. The van der Waals surface area contributed by atoms with Gasteiger partial charge in [0.2, 0.25) is 0 Å². The van der Waals surface area contributed by atoms with Gasteiger partial charge in [0.05, 0.1) is 5.54 Å². The van der Waals surface area contributed by atoms with Crippen LogP contribution in [-0.2, 0) is 5.54 Å². The third-order valence-corrected chi connectivity index (χ3v) is 6.34. The Hall–Kier alpha value is -2.85. The number of aryl methyl sites for hydroxylation is 1. The van der Waals surface area contributed by atoms with Crippen molar-refractivity contribution < 1.29 is 4.79 Å². The summed E-state index contributed by atoms with van der Waals surface area (Å²) in [5, 5.41) is 9.21. The van der Waals surface area contributed by atoms with Gasteiger partial charge in [0.15, 0.2) is 0 Å². The fourth-order valence-electron chi connectivity index (χ4n) is 4.54. The lowest BCUT2D eigenvalue weighted by Crippen LogP contribution is -2.43. The molecule has 1 amide bonds. The van der Waals surface area contributed by atoms with Gasteiger partial charge in [-0.3, -0.25) is 4.79 Å². The van der Waals surface area contributed by atoms with E-state index in [9.17, 15) is 4.79 Å². The van der Waals surface area contributed by atoms with Crippen LogP contribution in [0.4, 0.5) is 5.69 Å². The molecule has 0 atom stereocenters. The summed E-state index contributed by atoms with van der Waals surface area (Å²) in [5.41, 5.74) is 4.01. The average molecular weight is 386 g/mol. The Kier molecular flexibility index (Phi) is 4.51. The van der Waals surface area contributed by atoms with Crippen molar-refractivity contribution in [1.82, 2.24) is 10.6 Å². The minimum absolute atomic E-state index is 0.0276. The second-order valence-electron chi connectivity index (χ2n) is 8.30. The van der Waals surface area contributed by atoms with Crippen molar-refractivity contribution in [2.45, 2.75) is 25.3 Å². The molecule has 2 aliphatic rings. The number of piperazine rings is 1. The molecule has 0 spiro atoms. The highest BCUT2D eigenvalue weighted by atomic mass is 16.1. The Morgan fingerprint density at radius 2 is 1.76 bits per heavy atom. The predicted molar refractivity (Wildman–Crippen MR) is 119 cm³/mol. The van der Waals surface area contributed by atoms with Crippen LogP contribution in [0.5, 0.6) is 0 Å². The minimum Gasteiger partial charge on any atom is -0.369 e. The summed E-state index contributed by atoms with van der Waals surface area (Å²) in [6, 6.07) is 21.0. The molecule has 1 saturated heterocycles. The van der Waals surface area contributed by atoms with Gasteiger partial charge in [0, 0.05) is 37.4 Å². The number of benzene rings is 3. The van der Waals surface area contributed by atoms with Crippen molar-refractivity contribution >= 4 is 22.4 Å². The number of nitrogens with one attached hydrogen (secondary N) is 2. The molecule has 0 bridgehead atoms. The third-order valence-electron chi connectivity index (χ3n) is 6.34. The van der Waals surface area contributed by atoms with Gasteiger partial charge in [0.25, 0.3) is 5.91 Å². The molecule has 29 heavy (non-hydrogen) atoms. The van der Waals surface area contributed by atoms with E-state index >= 15 is 0 Å². The molecule has 4 heteroatoms. The molecule has 1 heterocycles. The summed E-state index contributed by atoms with van der Waals surface area (Å²) in [4.78, 5) is 15.6. The lowest BCUT2D eigenvalue weighted by molar-refractivity contribution is 0.0930.